The zero-order valence-electron chi connectivity index (χ0n) is 15.1. The van der Waals surface area contributed by atoms with E-state index in [1.807, 2.05) is 6.07 Å². The lowest BCUT2D eigenvalue weighted by atomic mass is 10.2. The fourth-order valence-corrected chi connectivity index (χ4v) is 2.36. The Morgan fingerprint density at radius 2 is 1.45 bits per heavy atom. The number of benzene rings is 1. The van der Waals surface area contributed by atoms with Crippen LogP contribution in [0.5, 0.6) is 0 Å². The fourth-order valence-electron chi connectivity index (χ4n) is 2.36. The van der Waals surface area contributed by atoms with E-state index < -0.39 is 0 Å². The minimum absolute atomic E-state index is 1.03. The standard InChI is InChI=1S/C9H21N3.C9H13N/c1-10(2)4-7-12-8-5-11(3)6-9-12;1-10(2)8-9-6-4-3-5-7-9/h4-9H2,1-3H3;3-7H,8H2,1-2H3. The average molecular weight is 306 g/mol. The van der Waals surface area contributed by atoms with Gasteiger partial charge in [-0.3, -0.25) is 4.90 Å². The number of hydrogen-bond donors (Lipinski definition) is 0. The van der Waals surface area contributed by atoms with Crippen LogP contribution in [0.2, 0.25) is 0 Å². The summed E-state index contributed by atoms with van der Waals surface area (Å²) in [5.74, 6) is 0. The SMILES string of the molecule is CN(C)CCN1CCN(C)CC1.CN(C)Cc1ccccc1. The van der Waals surface area contributed by atoms with Gasteiger partial charge in [-0.15, -0.1) is 0 Å². The quantitative estimate of drug-likeness (QED) is 0.818. The van der Waals surface area contributed by atoms with Gasteiger partial charge in [0.1, 0.15) is 0 Å². The third-order valence-corrected chi connectivity index (χ3v) is 3.80. The van der Waals surface area contributed by atoms with Gasteiger partial charge in [-0.1, -0.05) is 30.3 Å². The molecule has 0 aliphatic carbocycles. The Kier molecular flexibility index (Phi) is 9.32. The van der Waals surface area contributed by atoms with Crippen molar-refractivity contribution in [2.75, 3.05) is 74.5 Å². The molecule has 126 valence electrons. The number of nitrogens with zero attached hydrogens (tertiary/aromatic N) is 4. The number of likely N-dealkylation sites (N-methyl/N-ethyl adjacent to an activating group) is 2. The molecule has 0 saturated carbocycles. The van der Waals surface area contributed by atoms with Crippen LogP contribution in [0.3, 0.4) is 0 Å². The summed E-state index contributed by atoms with van der Waals surface area (Å²) in [5, 5.41) is 0. The van der Waals surface area contributed by atoms with Crippen LogP contribution in [0.1, 0.15) is 5.56 Å². The average Bonchev–Trinajstić information content (AvgIpc) is 2.48. The molecule has 1 fully saturated rings. The van der Waals surface area contributed by atoms with Crippen molar-refractivity contribution in [2.24, 2.45) is 0 Å². The van der Waals surface area contributed by atoms with Crippen LogP contribution in [0.25, 0.3) is 0 Å². The zero-order chi connectivity index (χ0) is 16.4. The molecule has 4 nitrogen and oxygen atoms in total. The molecule has 22 heavy (non-hydrogen) atoms. The smallest absolute Gasteiger partial charge is 0.0227 e. The van der Waals surface area contributed by atoms with Crippen LogP contribution in [0, 0.1) is 0 Å². The van der Waals surface area contributed by atoms with E-state index in [1.165, 1.54) is 44.8 Å². The third-order valence-electron chi connectivity index (χ3n) is 3.80. The van der Waals surface area contributed by atoms with Crippen LogP contribution >= 0.6 is 0 Å². The van der Waals surface area contributed by atoms with Gasteiger partial charge >= 0.3 is 0 Å². The van der Waals surface area contributed by atoms with Gasteiger partial charge in [0.05, 0.1) is 0 Å². The summed E-state index contributed by atoms with van der Waals surface area (Å²) < 4.78 is 0. The monoisotopic (exact) mass is 306 g/mol. The van der Waals surface area contributed by atoms with E-state index in [9.17, 15) is 0 Å². The van der Waals surface area contributed by atoms with Crippen LogP contribution in [-0.4, -0.2) is 94.1 Å². The van der Waals surface area contributed by atoms with Gasteiger partial charge in [0.2, 0.25) is 0 Å². The van der Waals surface area contributed by atoms with Gasteiger partial charge in [0.15, 0.2) is 0 Å². The van der Waals surface area contributed by atoms with E-state index in [1.54, 1.807) is 0 Å². The first kappa shape index (κ1) is 19.1. The molecule has 4 heteroatoms. The molecule has 1 aromatic rings. The summed E-state index contributed by atoms with van der Waals surface area (Å²) in [4.78, 5) is 9.35. The second-order valence-electron chi connectivity index (χ2n) is 6.67. The number of piperazine rings is 1. The maximum Gasteiger partial charge on any atom is 0.0227 e. The lowest BCUT2D eigenvalue weighted by molar-refractivity contribution is 0.145. The van der Waals surface area contributed by atoms with E-state index in [4.69, 9.17) is 0 Å². The highest BCUT2D eigenvalue weighted by atomic mass is 15.3. The molecule has 0 aromatic heterocycles. The summed E-state index contributed by atoms with van der Waals surface area (Å²) in [5.41, 5.74) is 1.37. The van der Waals surface area contributed by atoms with Crippen molar-refractivity contribution in [3.63, 3.8) is 0 Å². The lowest BCUT2D eigenvalue weighted by Crippen LogP contribution is -2.46. The predicted octanol–water partition coefficient (Wildman–Crippen LogP) is 1.54. The molecular weight excluding hydrogens is 272 g/mol. The van der Waals surface area contributed by atoms with Crippen molar-refractivity contribution in [1.82, 2.24) is 19.6 Å². The molecule has 1 heterocycles. The molecule has 0 amide bonds. The topological polar surface area (TPSA) is 13.0 Å². The molecule has 0 bridgehead atoms. The lowest BCUT2D eigenvalue weighted by Gasteiger charge is -2.32. The number of hydrogen-bond acceptors (Lipinski definition) is 4. The molecule has 0 atom stereocenters. The largest absolute Gasteiger partial charge is 0.308 e. The van der Waals surface area contributed by atoms with Gasteiger partial charge in [0.25, 0.3) is 0 Å². The molecule has 1 aliphatic heterocycles. The van der Waals surface area contributed by atoms with Crippen molar-refractivity contribution in [3.05, 3.63) is 35.9 Å². The Bertz CT molecular complexity index is 370. The predicted molar refractivity (Wildman–Crippen MR) is 96.3 cm³/mol. The first-order chi connectivity index (χ1) is 10.5. The van der Waals surface area contributed by atoms with Crippen molar-refractivity contribution < 1.29 is 0 Å². The molecule has 1 saturated heterocycles. The summed E-state index contributed by atoms with van der Waals surface area (Å²) in [6.45, 7) is 8.38. The van der Waals surface area contributed by atoms with Gasteiger partial charge in [-0.2, -0.15) is 0 Å². The maximum atomic E-state index is 2.54. The molecule has 0 spiro atoms. The van der Waals surface area contributed by atoms with Gasteiger partial charge in [-0.05, 0) is 40.8 Å². The van der Waals surface area contributed by atoms with E-state index >= 15 is 0 Å². The number of rotatable bonds is 5. The van der Waals surface area contributed by atoms with Crippen LogP contribution in [0.15, 0.2) is 30.3 Å². The normalized spacial score (nSPS) is 16.7. The first-order valence-corrected chi connectivity index (χ1v) is 8.21. The molecule has 2 rings (SSSR count). The third kappa shape index (κ3) is 9.15. The minimum Gasteiger partial charge on any atom is -0.308 e. The van der Waals surface area contributed by atoms with Crippen molar-refractivity contribution in [1.29, 1.82) is 0 Å². The molecule has 0 unspecified atom stereocenters. The Morgan fingerprint density at radius 1 is 0.864 bits per heavy atom. The van der Waals surface area contributed by atoms with Gasteiger partial charge < -0.3 is 14.7 Å². The molecule has 0 radical (unpaired) electrons. The Labute approximate surface area is 137 Å². The highest BCUT2D eigenvalue weighted by Gasteiger charge is 2.12. The summed E-state index contributed by atoms with van der Waals surface area (Å²) in [6.07, 6.45) is 0. The second kappa shape index (κ2) is 10.7. The van der Waals surface area contributed by atoms with Crippen molar-refractivity contribution in [2.45, 2.75) is 6.54 Å². The molecular formula is C18H34N4. The summed E-state index contributed by atoms with van der Waals surface area (Å²) in [6, 6.07) is 10.5. The fraction of sp³-hybridized carbons (Fsp3) is 0.667. The first-order valence-electron chi connectivity index (χ1n) is 8.21. The molecule has 1 aromatic carbocycles. The van der Waals surface area contributed by atoms with Crippen molar-refractivity contribution >= 4 is 0 Å². The van der Waals surface area contributed by atoms with Crippen molar-refractivity contribution in [3.8, 4) is 0 Å². The zero-order valence-corrected chi connectivity index (χ0v) is 15.1. The summed E-state index contributed by atoms with van der Waals surface area (Å²) in [7, 11) is 10.6. The van der Waals surface area contributed by atoms with Crippen LogP contribution < -0.4 is 0 Å². The van der Waals surface area contributed by atoms with Gasteiger partial charge in [-0.25, -0.2) is 0 Å². The Hall–Kier alpha value is -0.940. The Morgan fingerprint density at radius 3 is 1.95 bits per heavy atom. The Balaban J connectivity index is 0.000000224. The van der Waals surface area contributed by atoms with E-state index in [0.717, 1.165) is 6.54 Å². The highest BCUT2D eigenvalue weighted by Crippen LogP contribution is 2.00. The van der Waals surface area contributed by atoms with Crippen LogP contribution in [-0.2, 0) is 6.54 Å². The molecule has 0 N–H and O–H groups in total. The maximum absolute atomic E-state index is 2.54. The van der Waals surface area contributed by atoms with E-state index in [-0.39, 0.29) is 0 Å². The van der Waals surface area contributed by atoms with E-state index in [2.05, 4.69) is 79.1 Å². The minimum atomic E-state index is 1.03. The van der Waals surface area contributed by atoms with E-state index in [0.29, 0.717) is 0 Å². The van der Waals surface area contributed by atoms with Crippen LogP contribution in [0.4, 0.5) is 0 Å². The van der Waals surface area contributed by atoms with Gasteiger partial charge in [0, 0.05) is 45.8 Å². The summed E-state index contributed by atoms with van der Waals surface area (Å²) >= 11 is 0. The highest BCUT2D eigenvalue weighted by molar-refractivity contribution is 5.14. The molecule has 1 aliphatic rings. The second-order valence-corrected chi connectivity index (χ2v) is 6.67.